The second kappa shape index (κ2) is 5.16. The van der Waals surface area contributed by atoms with E-state index in [2.05, 4.69) is 17.1 Å². The molecule has 1 aliphatic heterocycles. The van der Waals surface area contributed by atoms with E-state index in [1.165, 1.54) is 6.42 Å². The summed E-state index contributed by atoms with van der Waals surface area (Å²) < 4.78 is 3.59. The molecular weight excluding hydrogens is 266 g/mol. The second-order valence-electron chi connectivity index (χ2n) is 6.26. The van der Waals surface area contributed by atoms with Crippen LogP contribution < -0.4 is 0 Å². The van der Waals surface area contributed by atoms with Gasteiger partial charge in [-0.15, -0.1) is 0 Å². The summed E-state index contributed by atoms with van der Waals surface area (Å²) in [7, 11) is 1.90. The predicted octanol–water partition coefficient (Wildman–Crippen LogP) is 1.90. The Balaban J connectivity index is 1.84. The molecule has 2 aromatic rings. The van der Waals surface area contributed by atoms with Crippen LogP contribution in [0.15, 0.2) is 6.20 Å². The molecule has 0 N–H and O–H groups in total. The van der Waals surface area contributed by atoms with Gasteiger partial charge in [-0.25, -0.2) is 0 Å². The van der Waals surface area contributed by atoms with Gasteiger partial charge in [0.1, 0.15) is 17.1 Å². The van der Waals surface area contributed by atoms with Crippen molar-refractivity contribution in [1.82, 2.24) is 24.5 Å². The highest BCUT2D eigenvalue weighted by molar-refractivity contribution is 5.82. The van der Waals surface area contributed by atoms with Crippen LogP contribution in [-0.2, 0) is 11.8 Å². The lowest BCUT2D eigenvalue weighted by Gasteiger charge is -2.32. The van der Waals surface area contributed by atoms with Crippen molar-refractivity contribution in [3.63, 3.8) is 0 Å². The second-order valence-corrected chi connectivity index (χ2v) is 6.26. The average Bonchev–Trinajstić information content (AvgIpc) is 3.00. The topological polar surface area (TPSA) is 56.0 Å². The molecule has 6 nitrogen and oxygen atoms in total. The molecule has 21 heavy (non-hydrogen) atoms. The Morgan fingerprint density at radius 3 is 2.86 bits per heavy atom. The van der Waals surface area contributed by atoms with Crippen molar-refractivity contribution in [2.75, 3.05) is 13.1 Å². The zero-order valence-electron chi connectivity index (χ0n) is 13.2. The first-order valence-corrected chi connectivity index (χ1v) is 7.64. The van der Waals surface area contributed by atoms with Gasteiger partial charge in [0.05, 0.1) is 11.9 Å². The first-order chi connectivity index (χ1) is 9.97. The first kappa shape index (κ1) is 14.1. The summed E-state index contributed by atoms with van der Waals surface area (Å²) in [5.74, 6) is 0.762. The maximum atomic E-state index is 12.7. The molecule has 0 saturated carbocycles. The van der Waals surface area contributed by atoms with E-state index in [0.29, 0.717) is 5.92 Å². The van der Waals surface area contributed by atoms with Crippen LogP contribution in [0.1, 0.15) is 38.4 Å². The summed E-state index contributed by atoms with van der Waals surface area (Å²) in [4.78, 5) is 14.6. The molecule has 6 heteroatoms. The van der Waals surface area contributed by atoms with Crippen LogP contribution in [0.2, 0.25) is 0 Å². The molecule has 0 radical (unpaired) electrons. The third-order valence-electron chi connectivity index (χ3n) is 4.43. The van der Waals surface area contributed by atoms with Gasteiger partial charge in [-0.05, 0) is 32.6 Å². The monoisotopic (exact) mass is 289 g/mol. The molecule has 1 fully saturated rings. The minimum absolute atomic E-state index is 0.167. The highest BCUT2D eigenvalue weighted by Crippen LogP contribution is 2.21. The number of nitrogens with zero attached hydrogens (tertiary/aromatic N) is 5. The van der Waals surface area contributed by atoms with Gasteiger partial charge < -0.3 is 4.90 Å². The van der Waals surface area contributed by atoms with Crippen LogP contribution in [0.25, 0.3) is 11.0 Å². The minimum atomic E-state index is -0.262. The van der Waals surface area contributed by atoms with Gasteiger partial charge >= 0.3 is 0 Å². The van der Waals surface area contributed by atoms with E-state index < -0.39 is 0 Å². The van der Waals surface area contributed by atoms with E-state index in [-0.39, 0.29) is 11.9 Å². The van der Waals surface area contributed by atoms with E-state index in [1.54, 1.807) is 4.68 Å². The smallest absolute Gasteiger partial charge is 0.247 e. The zero-order valence-corrected chi connectivity index (χ0v) is 13.2. The van der Waals surface area contributed by atoms with E-state index in [0.717, 1.165) is 36.2 Å². The van der Waals surface area contributed by atoms with Crippen molar-refractivity contribution in [2.45, 2.75) is 39.7 Å². The van der Waals surface area contributed by atoms with Gasteiger partial charge in [0.25, 0.3) is 0 Å². The molecule has 3 heterocycles. The van der Waals surface area contributed by atoms with Crippen molar-refractivity contribution in [1.29, 1.82) is 0 Å². The number of hydrogen-bond acceptors (Lipinski definition) is 3. The fraction of sp³-hybridized carbons (Fsp3) is 0.667. The highest BCUT2D eigenvalue weighted by Gasteiger charge is 2.27. The standard InChI is InChI=1S/C15H23N5O/c1-10-6-5-7-19(8-10)15(21)12(3)20-9-13-14(17-20)11(2)16-18(13)4/h9-10,12H,5-8H2,1-4H3/t10-,12-/m1/s1. The summed E-state index contributed by atoms with van der Waals surface area (Å²) in [6.07, 6.45) is 4.24. The summed E-state index contributed by atoms with van der Waals surface area (Å²) >= 11 is 0. The van der Waals surface area contributed by atoms with Crippen LogP contribution in [0.3, 0.4) is 0 Å². The Labute approximate surface area is 124 Å². The van der Waals surface area contributed by atoms with Crippen LogP contribution in [0, 0.1) is 12.8 Å². The Morgan fingerprint density at radius 2 is 2.19 bits per heavy atom. The van der Waals surface area contributed by atoms with Crippen molar-refractivity contribution < 1.29 is 4.79 Å². The third-order valence-corrected chi connectivity index (χ3v) is 4.43. The number of piperidine rings is 1. The number of amides is 1. The van der Waals surface area contributed by atoms with Gasteiger partial charge in [0, 0.05) is 20.1 Å². The van der Waals surface area contributed by atoms with Crippen LogP contribution in [-0.4, -0.2) is 43.5 Å². The zero-order chi connectivity index (χ0) is 15.1. The summed E-state index contributed by atoms with van der Waals surface area (Å²) in [6, 6.07) is -0.262. The molecule has 0 aliphatic carbocycles. The van der Waals surface area contributed by atoms with Crippen LogP contribution in [0.4, 0.5) is 0 Å². The number of aromatic nitrogens is 4. The Hall–Kier alpha value is -1.85. The quantitative estimate of drug-likeness (QED) is 0.848. The molecule has 2 aromatic heterocycles. The van der Waals surface area contributed by atoms with Gasteiger partial charge in [0.15, 0.2) is 0 Å². The predicted molar refractivity (Wildman–Crippen MR) is 80.9 cm³/mol. The molecule has 3 rings (SSSR count). The number of rotatable bonds is 2. The molecule has 0 aromatic carbocycles. The van der Waals surface area contributed by atoms with Crippen molar-refractivity contribution >= 4 is 16.9 Å². The van der Waals surface area contributed by atoms with Crippen molar-refractivity contribution in [3.05, 3.63) is 11.9 Å². The van der Waals surface area contributed by atoms with Gasteiger partial charge in [0.2, 0.25) is 5.91 Å². The maximum Gasteiger partial charge on any atom is 0.247 e. The number of carbonyl (C=O) groups is 1. The van der Waals surface area contributed by atoms with Gasteiger partial charge in [-0.1, -0.05) is 6.92 Å². The fourth-order valence-electron chi connectivity index (χ4n) is 3.17. The Kier molecular flexibility index (Phi) is 3.47. The van der Waals surface area contributed by atoms with Crippen molar-refractivity contribution in [3.8, 4) is 0 Å². The van der Waals surface area contributed by atoms with E-state index in [9.17, 15) is 4.79 Å². The molecule has 114 valence electrons. The maximum absolute atomic E-state index is 12.7. The van der Waals surface area contributed by atoms with E-state index >= 15 is 0 Å². The highest BCUT2D eigenvalue weighted by atomic mass is 16.2. The van der Waals surface area contributed by atoms with E-state index in [4.69, 9.17) is 0 Å². The summed E-state index contributed by atoms with van der Waals surface area (Å²) in [5.41, 5.74) is 2.75. The molecule has 0 unspecified atom stereocenters. The number of carbonyl (C=O) groups excluding carboxylic acids is 1. The van der Waals surface area contributed by atoms with Gasteiger partial charge in [-0.3, -0.25) is 14.2 Å². The lowest BCUT2D eigenvalue weighted by molar-refractivity contribution is -0.136. The Morgan fingerprint density at radius 1 is 1.43 bits per heavy atom. The molecule has 1 aliphatic rings. The number of fused-ring (bicyclic) bond motifs is 1. The third kappa shape index (κ3) is 2.43. The SMILES string of the molecule is Cc1nn(C)c2cn([C@H](C)C(=O)N3CCC[C@@H](C)C3)nc12. The number of likely N-dealkylation sites (tertiary alicyclic amines) is 1. The molecule has 2 atom stereocenters. The number of hydrogen-bond donors (Lipinski definition) is 0. The van der Waals surface area contributed by atoms with Crippen molar-refractivity contribution in [2.24, 2.45) is 13.0 Å². The minimum Gasteiger partial charge on any atom is -0.341 e. The molecule has 1 saturated heterocycles. The first-order valence-electron chi connectivity index (χ1n) is 7.64. The van der Waals surface area contributed by atoms with Gasteiger partial charge in [-0.2, -0.15) is 10.2 Å². The normalized spacial score (nSPS) is 21.0. The molecule has 0 spiro atoms. The lowest BCUT2D eigenvalue weighted by Crippen LogP contribution is -2.42. The molecular formula is C15H23N5O. The summed E-state index contributed by atoms with van der Waals surface area (Å²) in [5, 5.41) is 8.89. The fourth-order valence-corrected chi connectivity index (χ4v) is 3.17. The summed E-state index contributed by atoms with van der Waals surface area (Å²) in [6.45, 7) is 7.81. The molecule has 0 bridgehead atoms. The molecule has 1 amide bonds. The van der Waals surface area contributed by atoms with E-state index in [1.807, 2.05) is 36.7 Å². The average molecular weight is 289 g/mol. The largest absolute Gasteiger partial charge is 0.341 e. The number of aryl methyl sites for hydroxylation is 2. The Bertz CT molecular complexity index is 636. The van der Waals surface area contributed by atoms with Crippen LogP contribution in [0.5, 0.6) is 0 Å². The van der Waals surface area contributed by atoms with Crippen LogP contribution >= 0.6 is 0 Å². The lowest BCUT2D eigenvalue weighted by atomic mass is 10.00.